The summed E-state index contributed by atoms with van der Waals surface area (Å²) in [4.78, 5) is 0. The van der Waals surface area contributed by atoms with Crippen LogP contribution >= 0.6 is 0 Å². The van der Waals surface area contributed by atoms with Crippen molar-refractivity contribution in [2.24, 2.45) is 10.9 Å². The first-order valence-electron chi connectivity index (χ1n) is 6.16. The summed E-state index contributed by atoms with van der Waals surface area (Å²) in [6.45, 7) is 4.83. The van der Waals surface area contributed by atoms with Crippen molar-refractivity contribution in [3.63, 3.8) is 0 Å². The molecular weight excluding hydrogens is 246 g/mol. The van der Waals surface area contributed by atoms with E-state index in [4.69, 9.17) is 20.4 Å². The monoisotopic (exact) mass is 267 g/mol. The average Bonchev–Trinajstić information content (AvgIpc) is 2.46. The van der Waals surface area contributed by atoms with E-state index in [1.54, 1.807) is 13.2 Å². The van der Waals surface area contributed by atoms with E-state index >= 15 is 0 Å². The van der Waals surface area contributed by atoms with Gasteiger partial charge in [-0.05, 0) is 24.6 Å². The fourth-order valence-electron chi connectivity index (χ4n) is 1.64. The first-order valence-corrected chi connectivity index (χ1v) is 6.16. The Bertz CT molecular complexity index is 422. The zero-order chi connectivity index (χ0) is 14.1. The molecule has 0 aromatic heterocycles. The highest BCUT2D eigenvalue weighted by molar-refractivity contribution is 5.99. The summed E-state index contributed by atoms with van der Waals surface area (Å²) >= 11 is 0. The molecule has 0 saturated heterocycles. The standard InChI is InChI=1S/C13H21N3O3/c1-3-19-7-6-15-9-10-4-5-12(18-2)11(8-10)13(14)16-17/h4-5,8,15,17H,3,6-7,9H2,1-2H3,(H2,14,16). The summed E-state index contributed by atoms with van der Waals surface area (Å²) in [5.41, 5.74) is 7.22. The number of hydrogen-bond donors (Lipinski definition) is 3. The van der Waals surface area contributed by atoms with Crippen LogP contribution in [0.5, 0.6) is 5.75 Å². The van der Waals surface area contributed by atoms with Gasteiger partial charge < -0.3 is 25.7 Å². The molecule has 0 unspecified atom stereocenters. The number of benzene rings is 1. The van der Waals surface area contributed by atoms with Gasteiger partial charge in [-0.15, -0.1) is 0 Å². The number of nitrogens with two attached hydrogens (primary N) is 1. The van der Waals surface area contributed by atoms with Crippen LogP contribution in [0.15, 0.2) is 23.4 Å². The van der Waals surface area contributed by atoms with Crippen LogP contribution in [0.1, 0.15) is 18.1 Å². The summed E-state index contributed by atoms with van der Waals surface area (Å²) in [6.07, 6.45) is 0. The maximum Gasteiger partial charge on any atom is 0.173 e. The van der Waals surface area contributed by atoms with E-state index in [1.807, 2.05) is 19.1 Å². The van der Waals surface area contributed by atoms with Gasteiger partial charge in [-0.1, -0.05) is 11.2 Å². The van der Waals surface area contributed by atoms with Crippen molar-refractivity contribution < 1.29 is 14.7 Å². The summed E-state index contributed by atoms with van der Waals surface area (Å²) in [5.74, 6) is 0.612. The minimum atomic E-state index is 0.0352. The van der Waals surface area contributed by atoms with Crippen LogP contribution in [0.4, 0.5) is 0 Å². The molecule has 0 bridgehead atoms. The second-order valence-electron chi connectivity index (χ2n) is 3.89. The van der Waals surface area contributed by atoms with Crippen molar-refractivity contribution in [2.45, 2.75) is 13.5 Å². The topological polar surface area (TPSA) is 89.1 Å². The maximum absolute atomic E-state index is 8.75. The van der Waals surface area contributed by atoms with E-state index in [-0.39, 0.29) is 5.84 Å². The van der Waals surface area contributed by atoms with E-state index in [2.05, 4.69) is 10.5 Å². The molecule has 19 heavy (non-hydrogen) atoms. The second kappa shape index (κ2) is 8.34. The Kier molecular flexibility index (Phi) is 6.70. The molecule has 1 aromatic carbocycles. The van der Waals surface area contributed by atoms with Crippen molar-refractivity contribution in [3.05, 3.63) is 29.3 Å². The second-order valence-corrected chi connectivity index (χ2v) is 3.89. The number of nitrogens with zero attached hydrogens (tertiary/aromatic N) is 1. The van der Waals surface area contributed by atoms with Crippen molar-refractivity contribution in [1.29, 1.82) is 0 Å². The van der Waals surface area contributed by atoms with Crippen LogP contribution < -0.4 is 15.8 Å². The number of hydrogen-bond acceptors (Lipinski definition) is 5. The largest absolute Gasteiger partial charge is 0.496 e. The van der Waals surface area contributed by atoms with Gasteiger partial charge in [0.2, 0.25) is 0 Å². The van der Waals surface area contributed by atoms with Crippen LogP contribution in [0, 0.1) is 0 Å². The molecule has 1 rings (SSSR count). The van der Waals surface area contributed by atoms with Gasteiger partial charge in [-0.3, -0.25) is 0 Å². The zero-order valence-electron chi connectivity index (χ0n) is 11.3. The van der Waals surface area contributed by atoms with E-state index < -0.39 is 0 Å². The maximum atomic E-state index is 8.75. The van der Waals surface area contributed by atoms with Gasteiger partial charge in [0.25, 0.3) is 0 Å². The summed E-state index contributed by atoms with van der Waals surface area (Å²) < 4.78 is 10.4. The number of amidine groups is 1. The molecule has 0 radical (unpaired) electrons. The SMILES string of the molecule is CCOCCNCc1ccc(OC)c(C(N)=NO)c1. The molecule has 0 spiro atoms. The lowest BCUT2D eigenvalue weighted by atomic mass is 10.1. The van der Waals surface area contributed by atoms with Crippen LogP contribution in [-0.2, 0) is 11.3 Å². The lowest BCUT2D eigenvalue weighted by Gasteiger charge is -2.10. The van der Waals surface area contributed by atoms with Gasteiger partial charge in [-0.25, -0.2) is 0 Å². The predicted octanol–water partition coefficient (Wildman–Crippen LogP) is 0.916. The Hall–Kier alpha value is -1.79. The van der Waals surface area contributed by atoms with Crippen molar-refractivity contribution in [2.75, 3.05) is 26.9 Å². The minimum absolute atomic E-state index is 0.0352. The molecule has 0 amide bonds. The van der Waals surface area contributed by atoms with Crippen LogP contribution in [0.3, 0.4) is 0 Å². The first kappa shape index (κ1) is 15.3. The molecule has 0 aliphatic carbocycles. The van der Waals surface area contributed by atoms with E-state index in [0.717, 1.165) is 18.7 Å². The van der Waals surface area contributed by atoms with Gasteiger partial charge in [0.15, 0.2) is 5.84 Å². The molecule has 1 aromatic rings. The lowest BCUT2D eigenvalue weighted by molar-refractivity contribution is 0.149. The molecule has 0 heterocycles. The number of rotatable bonds is 8. The van der Waals surface area contributed by atoms with Crippen LogP contribution in [0.2, 0.25) is 0 Å². The molecule has 6 nitrogen and oxygen atoms in total. The van der Waals surface area contributed by atoms with E-state index in [0.29, 0.717) is 24.5 Å². The minimum Gasteiger partial charge on any atom is -0.496 e. The quantitative estimate of drug-likeness (QED) is 0.214. The van der Waals surface area contributed by atoms with Gasteiger partial charge in [0.1, 0.15) is 5.75 Å². The number of ether oxygens (including phenoxy) is 2. The third-order valence-electron chi connectivity index (χ3n) is 2.60. The van der Waals surface area contributed by atoms with E-state index in [9.17, 15) is 0 Å². The van der Waals surface area contributed by atoms with Gasteiger partial charge in [-0.2, -0.15) is 0 Å². The molecule has 0 saturated carbocycles. The zero-order valence-corrected chi connectivity index (χ0v) is 11.3. The molecule has 0 fully saturated rings. The molecule has 0 aliphatic heterocycles. The Balaban J connectivity index is 2.65. The number of methoxy groups -OCH3 is 1. The van der Waals surface area contributed by atoms with Gasteiger partial charge in [0, 0.05) is 19.7 Å². The summed E-state index contributed by atoms with van der Waals surface area (Å²) in [6, 6.07) is 5.56. The molecule has 0 aliphatic rings. The lowest BCUT2D eigenvalue weighted by Crippen LogP contribution is -2.20. The summed E-state index contributed by atoms with van der Waals surface area (Å²) in [7, 11) is 1.55. The highest BCUT2D eigenvalue weighted by Crippen LogP contribution is 2.19. The van der Waals surface area contributed by atoms with Gasteiger partial charge in [0.05, 0.1) is 19.3 Å². The summed E-state index contributed by atoms with van der Waals surface area (Å²) in [5, 5.41) is 15.0. The predicted molar refractivity (Wildman–Crippen MR) is 73.7 cm³/mol. The average molecular weight is 267 g/mol. The molecule has 6 heteroatoms. The van der Waals surface area contributed by atoms with Gasteiger partial charge >= 0.3 is 0 Å². The van der Waals surface area contributed by atoms with E-state index in [1.165, 1.54) is 0 Å². The molecule has 0 atom stereocenters. The number of nitrogens with one attached hydrogen (secondary N) is 1. The fourth-order valence-corrected chi connectivity index (χ4v) is 1.64. The Morgan fingerprint density at radius 2 is 2.26 bits per heavy atom. The van der Waals surface area contributed by atoms with Crippen LogP contribution in [-0.4, -0.2) is 37.9 Å². The fraction of sp³-hybridized carbons (Fsp3) is 0.462. The Morgan fingerprint density at radius 3 is 2.89 bits per heavy atom. The smallest absolute Gasteiger partial charge is 0.173 e. The molecular formula is C13H21N3O3. The first-order chi connectivity index (χ1) is 9.22. The Labute approximate surface area is 113 Å². The third-order valence-corrected chi connectivity index (χ3v) is 2.60. The van der Waals surface area contributed by atoms with Crippen molar-refractivity contribution in [1.82, 2.24) is 5.32 Å². The molecule has 4 N–H and O–H groups in total. The highest BCUT2D eigenvalue weighted by Gasteiger charge is 2.08. The normalized spacial score (nSPS) is 11.6. The third kappa shape index (κ3) is 4.76. The highest BCUT2D eigenvalue weighted by atomic mass is 16.5. The van der Waals surface area contributed by atoms with Crippen molar-refractivity contribution in [3.8, 4) is 5.75 Å². The van der Waals surface area contributed by atoms with Crippen LogP contribution in [0.25, 0.3) is 0 Å². The number of oxime groups is 1. The Morgan fingerprint density at radius 1 is 1.47 bits per heavy atom. The van der Waals surface area contributed by atoms with Crippen molar-refractivity contribution >= 4 is 5.84 Å². The molecule has 106 valence electrons.